The Morgan fingerprint density at radius 2 is 1.96 bits per heavy atom. The number of rotatable bonds is 4. The maximum Gasteiger partial charge on any atom is 0.277 e. The summed E-state index contributed by atoms with van der Waals surface area (Å²) in [7, 11) is 0. The van der Waals surface area contributed by atoms with E-state index < -0.39 is 0 Å². The number of morpholine rings is 1. The largest absolute Gasteiger partial charge is 0.397 e. The van der Waals surface area contributed by atoms with Crippen molar-refractivity contribution in [2.75, 3.05) is 32.0 Å². The smallest absolute Gasteiger partial charge is 0.277 e. The molecule has 1 aromatic heterocycles. The van der Waals surface area contributed by atoms with Gasteiger partial charge in [0.2, 0.25) is 0 Å². The first-order chi connectivity index (χ1) is 11.2. The van der Waals surface area contributed by atoms with Gasteiger partial charge >= 0.3 is 0 Å². The molecule has 1 aliphatic rings. The third-order valence-corrected chi connectivity index (χ3v) is 5.05. The van der Waals surface area contributed by atoms with Crippen molar-refractivity contribution in [2.24, 2.45) is 5.84 Å². The molecule has 122 valence electrons. The zero-order valence-electron chi connectivity index (χ0n) is 12.7. The number of anilines is 1. The fourth-order valence-electron chi connectivity index (χ4n) is 2.58. The van der Waals surface area contributed by atoms with E-state index in [-0.39, 0.29) is 5.91 Å². The van der Waals surface area contributed by atoms with E-state index in [9.17, 15) is 4.79 Å². The quantitative estimate of drug-likeness (QED) is 0.447. The SMILES string of the molecule is NNC(=O)c1sc(-c2ccc(CN3CCOCC3)cc2)cc1N. The normalized spacial score (nSPS) is 15.5. The molecule has 0 unspecified atom stereocenters. The first-order valence-corrected chi connectivity index (χ1v) is 8.28. The molecule has 0 bridgehead atoms. The van der Waals surface area contributed by atoms with Crippen molar-refractivity contribution in [1.29, 1.82) is 0 Å². The van der Waals surface area contributed by atoms with E-state index in [1.807, 2.05) is 6.07 Å². The van der Waals surface area contributed by atoms with E-state index in [2.05, 4.69) is 34.6 Å². The molecule has 0 aliphatic carbocycles. The number of benzene rings is 1. The molecular formula is C16H20N4O2S. The van der Waals surface area contributed by atoms with Gasteiger partial charge in [0.15, 0.2) is 0 Å². The monoisotopic (exact) mass is 332 g/mol. The van der Waals surface area contributed by atoms with Crippen molar-refractivity contribution in [3.8, 4) is 10.4 Å². The lowest BCUT2D eigenvalue weighted by atomic mass is 10.1. The number of hydrogen-bond acceptors (Lipinski definition) is 6. The van der Waals surface area contributed by atoms with E-state index in [1.54, 1.807) is 0 Å². The first kappa shape index (κ1) is 15.9. The minimum Gasteiger partial charge on any atom is -0.397 e. The van der Waals surface area contributed by atoms with Gasteiger partial charge in [0, 0.05) is 24.5 Å². The summed E-state index contributed by atoms with van der Waals surface area (Å²) in [5.74, 6) is 4.81. The molecule has 23 heavy (non-hydrogen) atoms. The standard InChI is InChI=1S/C16H20N4O2S/c17-13-9-14(23-15(13)16(21)19-18)12-3-1-11(2-4-12)10-20-5-7-22-8-6-20/h1-4,9H,5-8,10,17-18H2,(H,19,21). The maximum absolute atomic E-state index is 11.6. The van der Waals surface area contributed by atoms with Gasteiger partial charge < -0.3 is 10.5 Å². The second-order valence-corrected chi connectivity index (χ2v) is 6.51. The molecular weight excluding hydrogens is 312 g/mol. The number of nitrogen functional groups attached to an aromatic ring is 2. The lowest BCUT2D eigenvalue weighted by Gasteiger charge is -2.26. The van der Waals surface area contributed by atoms with Crippen molar-refractivity contribution < 1.29 is 9.53 Å². The van der Waals surface area contributed by atoms with Crippen LogP contribution in [0, 0.1) is 0 Å². The second-order valence-electron chi connectivity index (χ2n) is 5.45. The van der Waals surface area contributed by atoms with Crippen LogP contribution in [0.2, 0.25) is 0 Å². The van der Waals surface area contributed by atoms with Crippen LogP contribution in [0.1, 0.15) is 15.2 Å². The molecule has 0 saturated carbocycles. The van der Waals surface area contributed by atoms with Gasteiger partial charge in [0.05, 0.1) is 18.9 Å². The summed E-state index contributed by atoms with van der Waals surface area (Å²) in [5.41, 5.74) is 10.8. The van der Waals surface area contributed by atoms with Gasteiger partial charge in [-0.1, -0.05) is 24.3 Å². The highest BCUT2D eigenvalue weighted by Gasteiger charge is 2.15. The predicted octanol–water partition coefficient (Wildman–Crippen LogP) is 1.43. The van der Waals surface area contributed by atoms with Gasteiger partial charge in [-0.3, -0.25) is 15.1 Å². The molecule has 1 fully saturated rings. The van der Waals surface area contributed by atoms with Crippen molar-refractivity contribution in [3.05, 3.63) is 40.8 Å². The van der Waals surface area contributed by atoms with Crippen molar-refractivity contribution >= 4 is 22.9 Å². The molecule has 5 N–H and O–H groups in total. The third kappa shape index (κ3) is 3.70. The Kier molecular flexibility index (Phi) is 4.92. The summed E-state index contributed by atoms with van der Waals surface area (Å²) in [6.07, 6.45) is 0. The highest BCUT2D eigenvalue weighted by molar-refractivity contribution is 7.18. The molecule has 1 aromatic carbocycles. The Morgan fingerprint density at radius 1 is 1.26 bits per heavy atom. The Hall–Kier alpha value is -1.93. The Balaban J connectivity index is 1.73. The fourth-order valence-corrected chi connectivity index (χ4v) is 3.57. The number of ether oxygens (including phenoxy) is 1. The molecule has 3 rings (SSSR count). The molecule has 0 atom stereocenters. The van der Waals surface area contributed by atoms with Crippen LogP contribution in [-0.2, 0) is 11.3 Å². The number of hydrogen-bond donors (Lipinski definition) is 3. The van der Waals surface area contributed by atoms with E-state index in [1.165, 1.54) is 16.9 Å². The third-order valence-electron chi connectivity index (χ3n) is 3.85. The zero-order chi connectivity index (χ0) is 16.2. The summed E-state index contributed by atoms with van der Waals surface area (Å²) in [6.45, 7) is 4.48. The highest BCUT2D eigenvalue weighted by atomic mass is 32.1. The van der Waals surface area contributed by atoms with Crippen LogP contribution in [0.25, 0.3) is 10.4 Å². The summed E-state index contributed by atoms with van der Waals surface area (Å²) >= 11 is 1.34. The van der Waals surface area contributed by atoms with Crippen molar-refractivity contribution in [2.45, 2.75) is 6.54 Å². The van der Waals surface area contributed by atoms with E-state index in [0.29, 0.717) is 10.6 Å². The maximum atomic E-state index is 11.6. The number of hydrazine groups is 1. The molecule has 1 aliphatic heterocycles. The minimum atomic E-state index is -0.359. The predicted molar refractivity (Wildman–Crippen MR) is 91.9 cm³/mol. The van der Waals surface area contributed by atoms with Crippen LogP contribution in [0.3, 0.4) is 0 Å². The average molecular weight is 332 g/mol. The molecule has 6 nitrogen and oxygen atoms in total. The average Bonchev–Trinajstić information content (AvgIpc) is 2.97. The Labute approximate surface area is 139 Å². The molecule has 1 saturated heterocycles. The van der Waals surface area contributed by atoms with Crippen LogP contribution < -0.4 is 17.0 Å². The van der Waals surface area contributed by atoms with Crippen molar-refractivity contribution in [3.63, 3.8) is 0 Å². The lowest BCUT2D eigenvalue weighted by Crippen LogP contribution is -2.35. The number of nitrogens with one attached hydrogen (secondary N) is 1. The van der Waals surface area contributed by atoms with Crippen molar-refractivity contribution in [1.82, 2.24) is 10.3 Å². The number of amides is 1. The van der Waals surface area contributed by atoms with E-state index in [0.717, 1.165) is 43.3 Å². The van der Waals surface area contributed by atoms with Gasteiger partial charge in [-0.25, -0.2) is 5.84 Å². The zero-order valence-corrected chi connectivity index (χ0v) is 13.6. The van der Waals surface area contributed by atoms with Gasteiger partial charge in [0.25, 0.3) is 5.91 Å². The first-order valence-electron chi connectivity index (χ1n) is 7.47. The number of nitrogens with two attached hydrogens (primary N) is 2. The highest BCUT2D eigenvalue weighted by Crippen LogP contribution is 2.33. The summed E-state index contributed by atoms with van der Waals surface area (Å²) < 4.78 is 5.36. The molecule has 0 spiro atoms. The number of nitrogens with zero attached hydrogens (tertiary/aromatic N) is 1. The number of carbonyl (C=O) groups is 1. The van der Waals surface area contributed by atoms with Crippen LogP contribution in [0.4, 0.5) is 5.69 Å². The summed E-state index contributed by atoms with van der Waals surface area (Å²) in [4.78, 5) is 15.4. The van der Waals surface area contributed by atoms with Crippen LogP contribution in [0.5, 0.6) is 0 Å². The van der Waals surface area contributed by atoms with Gasteiger partial charge in [0.1, 0.15) is 4.88 Å². The molecule has 1 amide bonds. The second kappa shape index (κ2) is 7.10. The lowest BCUT2D eigenvalue weighted by molar-refractivity contribution is 0.0342. The molecule has 7 heteroatoms. The number of thiophene rings is 1. The fraction of sp³-hybridized carbons (Fsp3) is 0.312. The van der Waals surface area contributed by atoms with Crippen LogP contribution in [-0.4, -0.2) is 37.1 Å². The van der Waals surface area contributed by atoms with Crippen LogP contribution >= 0.6 is 11.3 Å². The Morgan fingerprint density at radius 3 is 2.61 bits per heavy atom. The topological polar surface area (TPSA) is 93.6 Å². The van der Waals surface area contributed by atoms with E-state index >= 15 is 0 Å². The number of carbonyl (C=O) groups excluding carboxylic acids is 1. The Bertz CT molecular complexity index is 678. The van der Waals surface area contributed by atoms with Crippen LogP contribution in [0.15, 0.2) is 30.3 Å². The summed E-state index contributed by atoms with van der Waals surface area (Å²) in [6, 6.07) is 10.2. The van der Waals surface area contributed by atoms with Gasteiger partial charge in [-0.05, 0) is 17.2 Å². The molecule has 2 aromatic rings. The summed E-state index contributed by atoms with van der Waals surface area (Å²) in [5, 5.41) is 0. The van der Waals surface area contributed by atoms with Gasteiger partial charge in [-0.15, -0.1) is 11.3 Å². The molecule has 2 heterocycles. The molecule has 0 radical (unpaired) electrons. The van der Waals surface area contributed by atoms with E-state index in [4.69, 9.17) is 16.3 Å². The minimum absolute atomic E-state index is 0.359. The van der Waals surface area contributed by atoms with Gasteiger partial charge in [-0.2, -0.15) is 0 Å².